The van der Waals surface area contributed by atoms with Crippen LogP contribution in [-0.2, 0) is 8.58 Å². The molecule has 0 amide bonds. The predicted molar refractivity (Wildman–Crippen MR) is 54.6 cm³/mol. The van der Waals surface area contributed by atoms with Gasteiger partial charge in [-0.15, -0.1) is 0 Å². The fraction of sp³-hybridized carbons (Fsp3) is 0.250. The number of hydrogen-bond donors (Lipinski definition) is 0. The number of ether oxygens (including phenoxy) is 1. The van der Waals surface area contributed by atoms with E-state index in [9.17, 15) is 0 Å². The van der Waals surface area contributed by atoms with Gasteiger partial charge in [0.2, 0.25) is 6.29 Å². The summed E-state index contributed by atoms with van der Waals surface area (Å²) in [6, 6.07) is 4.92. The van der Waals surface area contributed by atoms with Gasteiger partial charge >= 0.3 is 0 Å². The molecule has 0 bridgehead atoms. The van der Waals surface area contributed by atoms with Crippen LogP contribution in [0, 0.1) is 0 Å². The molecule has 0 radical (unpaired) electrons. The molecule has 0 unspecified atom stereocenters. The van der Waals surface area contributed by atoms with Gasteiger partial charge in [-0.05, 0) is 12.1 Å². The molecule has 1 rings (SSSR count). The quantitative estimate of drug-likeness (QED) is 0.770. The van der Waals surface area contributed by atoms with Gasteiger partial charge in [0.25, 0.3) is 0 Å². The number of benzene rings is 1. The SMILES string of the molecule is COc1cc(C(OCl)OCl)ccc1Cl. The van der Waals surface area contributed by atoms with Crippen molar-refractivity contribution in [1.29, 1.82) is 0 Å². The zero-order valence-electron chi connectivity index (χ0n) is 7.17. The van der Waals surface area contributed by atoms with Gasteiger partial charge in [0.1, 0.15) is 5.75 Å². The second-order valence-corrected chi connectivity index (χ2v) is 3.17. The molecular formula is C8H7Cl3O3. The van der Waals surface area contributed by atoms with Crippen molar-refractivity contribution in [2.45, 2.75) is 6.29 Å². The highest BCUT2D eigenvalue weighted by molar-refractivity contribution is 6.32. The van der Waals surface area contributed by atoms with Gasteiger partial charge in [-0.1, -0.05) is 17.7 Å². The molecule has 78 valence electrons. The smallest absolute Gasteiger partial charge is 0.222 e. The van der Waals surface area contributed by atoms with E-state index in [-0.39, 0.29) is 0 Å². The zero-order chi connectivity index (χ0) is 10.6. The Morgan fingerprint density at radius 1 is 1.21 bits per heavy atom. The van der Waals surface area contributed by atoms with Crippen molar-refractivity contribution < 1.29 is 13.3 Å². The predicted octanol–water partition coefficient (Wildman–Crippen LogP) is 3.69. The van der Waals surface area contributed by atoms with Crippen molar-refractivity contribution in [3.8, 4) is 5.75 Å². The Labute approximate surface area is 96.8 Å². The van der Waals surface area contributed by atoms with E-state index in [1.807, 2.05) is 0 Å². The summed E-state index contributed by atoms with van der Waals surface area (Å²) in [4.78, 5) is 0. The van der Waals surface area contributed by atoms with E-state index < -0.39 is 6.29 Å². The average molecular weight is 258 g/mol. The Morgan fingerprint density at radius 3 is 2.36 bits per heavy atom. The second-order valence-electron chi connectivity index (χ2n) is 2.40. The number of rotatable bonds is 4. The molecule has 0 saturated carbocycles. The highest BCUT2D eigenvalue weighted by atomic mass is 35.5. The van der Waals surface area contributed by atoms with Crippen molar-refractivity contribution in [2.75, 3.05) is 7.11 Å². The average Bonchev–Trinajstić information content (AvgIpc) is 2.22. The van der Waals surface area contributed by atoms with Gasteiger partial charge in [-0.3, -0.25) is 0 Å². The Hall–Kier alpha value is -0.190. The van der Waals surface area contributed by atoms with Crippen LogP contribution in [0.4, 0.5) is 0 Å². The van der Waals surface area contributed by atoms with Gasteiger partial charge in [0, 0.05) is 5.56 Å². The molecule has 0 aliphatic rings. The first-order valence-electron chi connectivity index (χ1n) is 3.61. The molecule has 6 heteroatoms. The summed E-state index contributed by atoms with van der Waals surface area (Å²) in [5, 5.41) is 0.485. The van der Waals surface area contributed by atoms with E-state index in [1.54, 1.807) is 18.2 Å². The lowest BCUT2D eigenvalue weighted by molar-refractivity contribution is 0.0199. The summed E-state index contributed by atoms with van der Waals surface area (Å²) < 4.78 is 13.9. The van der Waals surface area contributed by atoms with E-state index in [2.05, 4.69) is 8.58 Å². The topological polar surface area (TPSA) is 27.7 Å². The molecule has 0 spiro atoms. The van der Waals surface area contributed by atoms with Crippen LogP contribution in [0.1, 0.15) is 11.9 Å². The summed E-state index contributed by atoms with van der Waals surface area (Å²) in [7, 11) is 1.50. The van der Waals surface area contributed by atoms with Crippen molar-refractivity contribution in [3.63, 3.8) is 0 Å². The Balaban J connectivity index is 2.98. The van der Waals surface area contributed by atoms with Crippen molar-refractivity contribution in [2.24, 2.45) is 0 Å². The molecule has 14 heavy (non-hydrogen) atoms. The fourth-order valence-electron chi connectivity index (χ4n) is 0.940. The maximum absolute atomic E-state index is 5.81. The van der Waals surface area contributed by atoms with Crippen LogP contribution in [-0.4, -0.2) is 7.11 Å². The normalized spacial score (nSPS) is 10.6. The van der Waals surface area contributed by atoms with E-state index in [0.717, 1.165) is 0 Å². The van der Waals surface area contributed by atoms with Gasteiger partial charge in [-0.25, -0.2) is 8.58 Å². The maximum Gasteiger partial charge on any atom is 0.222 e. The second kappa shape index (κ2) is 5.63. The lowest BCUT2D eigenvalue weighted by Gasteiger charge is -2.11. The molecule has 0 heterocycles. The van der Waals surface area contributed by atoms with Crippen LogP contribution in [0.3, 0.4) is 0 Å². The summed E-state index contributed by atoms with van der Waals surface area (Å²) in [6.45, 7) is 0. The van der Waals surface area contributed by atoms with Gasteiger partial charge in [0.15, 0.2) is 0 Å². The Kier molecular flexibility index (Phi) is 4.78. The highest BCUT2D eigenvalue weighted by Crippen LogP contribution is 2.30. The Morgan fingerprint density at radius 2 is 1.86 bits per heavy atom. The number of hydrogen-bond acceptors (Lipinski definition) is 3. The van der Waals surface area contributed by atoms with Crippen LogP contribution in [0.2, 0.25) is 5.02 Å². The van der Waals surface area contributed by atoms with Gasteiger partial charge in [0.05, 0.1) is 35.9 Å². The van der Waals surface area contributed by atoms with E-state index in [4.69, 9.17) is 40.1 Å². The first kappa shape index (κ1) is 11.9. The molecule has 1 aromatic rings. The summed E-state index contributed by atoms with van der Waals surface area (Å²) in [5.41, 5.74) is 0.608. The molecule has 0 saturated heterocycles. The van der Waals surface area contributed by atoms with Crippen LogP contribution < -0.4 is 4.74 Å². The third-order valence-electron chi connectivity index (χ3n) is 1.61. The first-order valence-corrected chi connectivity index (χ1v) is 4.60. The molecule has 1 aromatic carbocycles. The number of methoxy groups -OCH3 is 1. The standard InChI is InChI=1S/C8H7Cl3O3/c1-12-7-4-5(2-3-6(7)9)8(13-10)14-11/h2-4,8H,1H3. The largest absolute Gasteiger partial charge is 0.495 e. The van der Waals surface area contributed by atoms with Crippen LogP contribution in [0.15, 0.2) is 18.2 Å². The first-order chi connectivity index (χ1) is 6.72. The van der Waals surface area contributed by atoms with Crippen LogP contribution in [0.5, 0.6) is 5.75 Å². The molecule has 0 N–H and O–H groups in total. The van der Waals surface area contributed by atoms with E-state index >= 15 is 0 Å². The zero-order valence-corrected chi connectivity index (χ0v) is 9.44. The van der Waals surface area contributed by atoms with Gasteiger partial charge in [-0.2, -0.15) is 0 Å². The molecule has 0 atom stereocenters. The van der Waals surface area contributed by atoms with Crippen LogP contribution >= 0.6 is 35.3 Å². The minimum absolute atomic E-state index is 0.485. The van der Waals surface area contributed by atoms with Crippen molar-refractivity contribution in [3.05, 3.63) is 28.8 Å². The highest BCUT2D eigenvalue weighted by Gasteiger charge is 2.13. The van der Waals surface area contributed by atoms with Crippen LogP contribution in [0.25, 0.3) is 0 Å². The molecular weight excluding hydrogens is 250 g/mol. The summed E-state index contributed by atoms with van der Waals surface area (Å²) >= 11 is 16.1. The van der Waals surface area contributed by atoms with Crippen molar-refractivity contribution in [1.82, 2.24) is 0 Å². The number of halogens is 3. The maximum atomic E-state index is 5.81. The third-order valence-corrected chi connectivity index (χ3v) is 2.25. The van der Waals surface area contributed by atoms with E-state index in [1.165, 1.54) is 7.11 Å². The van der Waals surface area contributed by atoms with E-state index in [0.29, 0.717) is 16.3 Å². The summed E-state index contributed by atoms with van der Waals surface area (Å²) in [6.07, 6.45) is -0.857. The molecule has 0 aromatic heterocycles. The monoisotopic (exact) mass is 256 g/mol. The fourth-order valence-corrected chi connectivity index (χ4v) is 1.45. The molecule has 0 aliphatic carbocycles. The lowest BCUT2D eigenvalue weighted by atomic mass is 10.2. The molecule has 0 aliphatic heterocycles. The molecule has 3 nitrogen and oxygen atoms in total. The minimum Gasteiger partial charge on any atom is -0.495 e. The van der Waals surface area contributed by atoms with Gasteiger partial charge < -0.3 is 4.74 Å². The molecule has 0 fully saturated rings. The Bertz CT molecular complexity index is 302. The minimum atomic E-state index is -0.857. The summed E-state index contributed by atoms with van der Waals surface area (Å²) in [5.74, 6) is 0.497. The lowest BCUT2D eigenvalue weighted by Crippen LogP contribution is -1.98. The third kappa shape index (κ3) is 2.65. The van der Waals surface area contributed by atoms with Crippen molar-refractivity contribution >= 4 is 35.3 Å².